The first-order valence-corrected chi connectivity index (χ1v) is 3.60. The van der Waals surface area contributed by atoms with E-state index in [-0.39, 0.29) is 0 Å². The maximum atomic E-state index is 8.81. The lowest BCUT2D eigenvalue weighted by Crippen LogP contribution is -2.23. The lowest BCUT2D eigenvalue weighted by molar-refractivity contribution is 0.0231. The summed E-state index contributed by atoms with van der Waals surface area (Å²) < 4.78 is 5.27. The molecule has 52 valence electrons. The standard InChI is InChI=1S/C7H12O2/c8-2-6-4-9-3-5-1-7(5)6/h5-8H,1-4H2. The van der Waals surface area contributed by atoms with Crippen LogP contribution in [-0.4, -0.2) is 24.9 Å². The first-order valence-electron chi connectivity index (χ1n) is 3.60. The van der Waals surface area contributed by atoms with Crippen LogP contribution in [0, 0.1) is 17.8 Å². The third-order valence-corrected chi connectivity index (χ3v) is 2.48. The van der Waals surface area contributed by atoms with Gasteiger partial charge >= 0.3 is 0 Å². The highest BCUT2D eigenvalue weighted by Gasteiger charge is 2.45. The highest BCUT2D eigenvalue weighted by Crippen LogP contribution is 2.47. The molecule has 0 radical (unpaired) electrons. The fourth-order valence-corrected chi connectivity index (χ4v) is 1.72. The maximum absolute atomic E-state index is 8.81. The average Bonchev–Trinajstić information content (AvgIpc) is 2.64. The molecule has 3 unspecified atom stereocenters. The van der Waals surface area contributed by atoms with Crippen molar-refractivity contribution in [2.75, 3.05) is 19.8 Å². The van der Waals surface area contributed by atoms with Gasteiger partial charge < -0.3 is 9.84 Å². The summed E-state index contributed by atoms with van der Waals surface area (Å²) in [6.45, 7) is 2.06. The Kier molecular flexibility index (Phi) is 1.24. The molecule has 2 aliphatic rings. The molecule has 1 aliphatic carbocycles. The number of hydrogen-bond donors (Lipinski definition) is 1. The third-order valence-electron chi connectivity index (χ3n) is 2.48. The van der Waals surface area contributed by atoms with Crippen LogP contribution in [0.5, 0.6) is 0 Å². The lowest BCUT2D eigenvalue weighted by Gasteiger charge is -2.18. The van der Waals surface area contributed by atoms with Gasteiger partial charge in [-0.15, -0.1) is 0 Å². The molecule has 2 heteroatoms. The number of fused-ring (bicyclic) bond motifs is 1. The van der Waals surface area contributed by atoms with Gasteiger partial charge in [-0.2, -0.15) is 0 Å². The van der Waals surface area contributed by atoms with Gasteiger partial charge in [-0.05, 0) is 18.3 Å². The van der Waals surface area contributed by atoms with E-state index in [9.17, 15) is 0 Å². The number of hydrogen-bond acceptors (Lipinski definition) is 2. The molecular formula is C7H12O2. The SMILES string of the molecule is OCC1COCC2CC12. The van der Waals surface area contributed by atoms with E-state index in [0.717, 1.165) is 25.0 Å². The van der Waals surface area contributed by atoms with E-state index in [1.165, 1.54) is 6.42 Å². The average molecular weight is 128 g/mol. The number of aliphatic hydroxyl groups excluding tert-OH is 1. The first-order chi connectivity index (χ1) is 4.42. The molecule has 0 aromatic rings. The van der Waals surface area contributed by atoms with Crippen molar-refractivity contribution >= 4 is 0 Å². The Labute approximate surface area is 54.8 Å². The minimum Gasteiger partial charge on any atom is -0.396 e. The van der Waals surface area contributed by atoms with Gasteiger partial charge in [-0.1, -0.05) is 0 Å². The smallest absolute Gasteiger partial charge is 0.0519 e. The van der Waals surface area contributed by atoms with Crippen LogP contribution in [0.25, 0.3) is 0 Å². The summed E-state index contributed by atoms with van der Waals surface area (Å²) in [4.78, 5) is 0. The van der Waals surface area contributed by atoms with Crippen molar-refractivity contribution in [3.63, 3.8) is 0 Å². The second-order valence-corrected chi connectivity index (χ2v) is 3.14. The second-order valence-electron chi connectivity index (χ2n) is 3.14. The largest absolute Gasteiger partial charge is 0.396 e. The van der Waals surface area contributed by atoms with Crippen LogP contribution < -0.4 is 0 Å². The second kappa shape index (κ2) is 1.96. The van der Waals surface area contributed by atoms with Gasteiger partial charge in [0.15, 0.2) is 0 Å². The molecule has 2 fully saturated rings. The normalized spacial score (nSPS) is 48.3. The van der Waals surface area contributed by atoms with Crippen LogP contribution in [0.15, 0.2) is 0 Å². The molecule has 1 aliphatic heterocycles. The van der Waals surface area contributed by atoms with Gasteiger partial charge in [-0.3, -0.25) is 0 Å². The molecule has 2 nitrogen and oxygen atoms in total. The summed E-state index contributed by atoms with van der Waals surface area (Å²) in [5.74, 6) is 2.07. The molecule has 0 bridgehead atoms. The van der Waals surface area contributed by atoms with Gasteiger partial charge in [-0.25, -0.2) is 0 Å². The van der Waals surface area contributed by atoms with E-state index in [1.54, 1.807) is 0 Å². The summed E-state index contributed by atoms with van der Waals surface area (Å²) in [6.07, 6.45) is 1.30. The Morgan fingerprint density at radius 3 is 3.00 bits per heavy atom. The van der Waals surface area contributed by atoms with E-state index in [0.29, 0.717) is 12.5 Å². The van der Waals surface area contributed by atoms with E-state index in [2.05, 4.69) is 0 Å². The summed E-state index contributed by atoms with van der Waals surface area (Å²) in [5, 5.41) is 8.81. The number of aliphatic hydroxyl groups is 1. The molecule has 1 saturated heterocycles. The topological polar surface area (TPSA) is 29.5 Å². The van der Waals surface area contributed by atoms with Crippen molar-refractivity contribution in [3.8, 4) is 0 Å². The summed E-state index contributed by atoms with van der Waals surface area (Å²) >= 11 is 0. The van der Waals surface area contributed by atoms with Crippen LogP contribution >= 0.6 is 0 Å². The van der Waals surface area contributed by atoms with Gasteiger partial charge in [0.05, 0.1) is 6.61 Å². The number of rotatable bonds is 1. The molecule has 1 saturated carbocycles. The fraction of sp³-hybridized carbons (Fsp3) is 1.00. The summed E-state index contributed by atoms with van der Waals surface area (Å²) in [5.41, 5.74) is 0. The van der Waals surface area contributed by atoms with Crippen molar-refractivity contribution in [3.05, 3.63) is 0 Å². The minimum absolute atomic E-state index is 0.321. The zero-order valence-corrected chi connectivity index (χ0v) is 5.42. The van der Waals surface area contributed by atoms with E-state index in [1.807, 2.05) is 0 Å². The highest BCUT2D eigenvalue weighted by molar-refractivity contribution is 4.93. The zero-order valence-electron chi connectivity index (χ0n) is 5.42. The van der Waals surface area contributed by atoms with Crippen LogP contribution in [0.4, 0.5) is 0 Å². The van der Waals surface area contributed by atoms with Gasteiger partial charge in [0, 0.05) is 19.1 Å². The van der Waals surface area contributed by atoms with Crippen molar-refractivity contribution in [2.24, 2.45) is 17.8 Å². The lowest BCUT2D eigenvalue weighted by atomic mass is 10.0. The first kappa shape index (κ1) is 5.69. The third kappa shape index (κ3) is 0.864. The van der Waals surface area contributed by atoms with Crippen molar-refractivity contribution < 1.29 is 9.84 Å². The highest BCUT2D eigenvalue weighted by atomic mass is 16.5. The molecule has 0 aromatic heterocycles. The summed E-state index contributed by atoms with van der Waals surface area (Å²) in [6, 6.07) is 0. The van der Waals surface area contributed by atoms with Crippen LogP contribution in [-0.2, 0) is 4.74 Å². The quantitative estimate of drug-likeness (QED) is 0.549. The van der Waals surface area contributed by atoms with Crippen LogP contribution in [0.2, 0.25) is 0 Å². The van der Waals surface area contributed by atoms with Crippen LogP contribution in [0.3, 0.4) is 0 Å². The Balaban J connectivity index is 1.93. The van der Waals surface area contributed by atoms with Crippen molar-refractivity contribution in [2.45, 2.75) is 6.42 Å². The molecule has 0 aromatic carbocycles. The molecule has 9 heavy (non-hydrogen) atoms. The zero-order chi connectivity index (χ0) is 6.27. The molecule has 0 amide bonds. The Bertz CT molecular complexity index is 113. The Morgan fingerprint density at radius 2 is 2.33 bits per heavy atom. The predicted molar refractivity (Wildman–Crippen MR) is 33.0 cm³/mol. The Morgan fingerprint density at radius 1 is 1.44 bits per heavy atom. The molecule has 2 rings (SSSR count). The predicted octanol–water partition coefficient (Wildman–Crippen LogP) is 0.261. The molecule has 1 N–H and O–H groups in total. The van der Waals surface area contributed by atoms with Gasteiger partial charge in [0.1, 0.15) is 0 Å². The molecular weight excluding hydrogens is 116 g/mol. The fourth-order valence-electron chi connectivity index (χ4n) is 1.72. The van der Waals surface area contributed by atoms with Crippen molar-refractivity contribution in [1.29, 1.82) is 0 Å². The van der Waals surface area contributed by atoms with E-state index < -0.39 is 0 Å². The van der Waals surface area contributed by atoms with E-state index >= 15 is 0 Å². The van der Waals surface area contributed by atoms with Crippen molar-refractivity contribution in [1.82, 2.24) is 0 Å². The Hall–Kier alpha value is -0.0800. The van der Waals surface area contributed by atoms with Gasteiger partial charge in [0.2, 0.25) is 0 Å². The minimum atomic E-state index is 0.321. The molecule has 0 spiro atoms. The maximum Gasteiger partial charge on any atom is 0.0519 e. The molecule has 1 heterocycles. The summed E-state index contributed by atoms with van der Waals surface area (Å²) in [7, 11) is 0. The van der Waals surface area contributed by atoms with Gasteiger partial charge in [0.25, 0.3) is 0 Å². The number of ether oxygens (including phenoxy) is 1. The molecule has 3 atom stereocenters. The van der Waals surface area contributed by atoms with Crippen LogP contribution in [0.1, 0.15) is 6.42 Å². The van der Waals surface area contributed by atoms with E-state index in [4.69, 9.17) is 9.84 Å². The monoisotopic (exact) mass is 128 g/mol.